The Balaban J connectivity index is 1.64. The summed E-state index contributed by atoms with van der Waals surface area (Å²) in [4.78, 5) is 12.4. The summed E-state index contributed by atoms with van der Waals surface area (Å²) in [6, 6.07) is 21.2. The average molecular weight is 330 g/mol. The van der Waals surface area contributed by atoms with Crippen LogP contribution in [0.3, 0.4) is 0 Å². The van der Waals surface area contributed by atoms with Crippen LogP contribution in [0.5, 0.6) is 11.5 Å². The molecule has 0 amide bonds. The molecule has 0 radical (unpaired) electrons. The molecular formula is C22H18O3. The maximum atomic E-state index is 12.4. The van der Waals surface area contributed by atoms with Crippen molar-refractivity contribution < 1.29 is 14.6 Å². The Kier molecular flexibility index (Phi) is 4.95. The zero-order chi connectivity index (χ0) is 17.6. The van der Waals surface area contributed by atoms with Gasteiger partial charge in [0.1, 0.15) is 18.1 Å². The molecule has 0 heterocycles. The second-order valence-electron chi connectivity index (χ2n) is 5.63. The van der Waals surface area contributed by atoms with Crippen molar-refractivity contribution in [2.24, 2.45) is 0 Å². The van der Waals surface area contributed by atoms with Crippen molar-refractivity contribution in [2.45, 2.75) is 6.61 Å². The summed E-state index contributed by atoms with van der Waals surface area (Å²) in [5, 5.41) is 9.30. The van der Waals surface area contributed by atoms with Gasteiger partial charge in [-0.25, -0.2) is 0 Å². The second-order valence-corrected chi connectivity index (χ2v) is 5.63. The maximum Gasteiger partial charge on any atom is 0.193 e. The van der Waals surface area contributed by atoms with Gasteiger partial charge in [-0.2, -0.15) is 0 Å². The Hall–Kier alpha value is -3.33. The van der Waals surface area contributed by atoms with E-state index in [4.69, 9.17) is 4.74 Å². The first-order chi connectivity index (χ1) is 12.2. The van der Waals surface area contributed by atoms with Gasteiger partial charge in [-0.05, 0) is 59.7 Å². The first kappa shape index (κ1) is 16.5. The van der Waals surface area contributed by atoms with E-state index < -0.39 is 0 Å². The van der Waals surface area contributed by atoms with E-state index in [1.165, 1.54) is 12.1 Å². The Bertz CT molecular complexity index is 861. The van der Waals surface area contributed by atoms with Gasteiger partial charge in [0.05, 0.1) is 0 Å². The molecule has 3 heteroatoms. The first-order valence-electron chi connectivity index (χ1n) is 7.94. The molecule has 3 aromatic rings. The van der Waals surface area contributed by atoms with Crippen molar-refractivity contribution >= 4 is 11.9 Å². The summed E-state index contributed by atoms with van der Waals surface area (Å²) in [6.45, 7) is 4.19. The van der Waals surface area contributed by atoms with E-state index in [9.17, 15) is 9.90 Å². The number of carbonyl (C=O) groups excluding carboxylic acids is 1. The van der Waals surface area contributed by atoms with Crippen molar-refractivity contribution in [1.29, 1.82) is 0 Å². The summed E-state index contributed by atoms with van der Waals surface area (Å²) in [7, 11) is 0. The molecule has 0 saturated heterocycles. The molecule has 0 atom stereocenters. The molecule has 25 heavy (non-hydrogen) atoms. The van der Waals surface area contributed by atoms with Crippen LogP contribution < -0.4 is 4.74 Å². The maximum absolute atomic E-state index is 12.4. The van der Waals surface area contributed by atoms with Crippen LogP contribution in [0.25, 0.3) is 6.08 Å². The van der Waals surface area contributed by atoms with Gasteiger partial charge >= 0.3 is 0 Å². The van der Waals surface area contributed by atoms with Gasteiger partial charge in [-0.3, -0.25) is 4.79 Å². The Morgan fingerprint density at radius 1 is 0.880 bits per heavy atom. The number of phenolic OH excluding ortho intramolecular Hbond substituents is 1. The summed E-state index contributed by atoms with van der Waals surface area (Å²) >= 11 is 0. The van der Waals surface area contributed by atoms with Crippen LogP contribution in [-0.4, -0.2) is 10.9 Å². The minimum Gasteiger partial charge on any atom is -0.508 e. The Morgan fingerprint density at radius 3 is 2.00 bits per heavy atom. The van der Waals surface area contributed by atoms with E-state index in [0.717, 1.165) is 11.1 Å². The highest BCUT2D eigenvalue weighted by atomic mass is 16.5. The molecular weight excluding hydrogens is 312 g/mol. The van der Waals surface area contributed by atoms with Gasteiger partial charge in [0, 0.05) is 11.1 Å². The van der Waals surface area contributed by atoms with Crippen LogP contribution in [0.15, 0.2) is 79.4 Å². The van der Waals surface area contributed by atoms with Crippen molar-refractivity contribution in [2.75, 3.05) is 0 Å². The number of ether oxygens (including phenoxy) is 1. The predicted molar refractivity (Wildman–Crippen MR) is 98.8 cm³/mol. The molecule has 0 saturated carbocycles. The van der Waals surface area contributed by atoms with Crippen molar-refractivity contribution in [3.05, 3.63) is 102 Å². The topological polar surface area (TPSA) is 46.5 Å². The summed E-state index contributed by atoms with van der Waals surface area (Å²) in [6.07, 6.45) is 1.80. The third kappa shape index (κ3) is 4.15. The van der Waals surface area contributed by atoms with Gasteiger partial charge in [-0.15, -0.1) is 0 Å². The van der Waals surface area contributed by atoms with E-state index in [0.29, 0.717) is 23.5 Å². The van der Waals surface area contributed by atoms with E-state index >= 15 is 0 Å². The lowest BCUT2D eigenvalue weighted by Crippen LogP contribution is -2.01. The molecule has 3 rings (SSSR count). The molecule has 3 nitrogen and oxygen atoms in total. The summed E-state index contributed by atoms with van der Waals surface area (Å²) in [5.74, 6) is 0.753. The molecule has 0 spiro atoms. The van der Waals surface area contributed by atoms with Crippen molar-refractivity contribution in [3.8, 4) is 11.5 Å². The number of phenols is 1. The molecule has 0 bridgehead atoms. The third-order valence-corrected chi connectivity index (χ3v) is 3.87. The SMILES string of the molecule is C=Cc1ccc(COc2ccc(C(=O)c3ccc(O)cc3)cc2)cc1. The predicted octanol–water partition coefficient (Wildman–Crippen LogP) is 4.85. The molecule has 0 aromatic heterocycles. The van der Waals surface area contributed by atoms with Crippen molar-refractivity contribution in [1.82, 2.24) is 0 Å². The van der Waals surface area contributed by atoms with Crippen LogP contribution >= 0.6 is 0 Å². The van der Waals surface area contributed by atoms with Gasteiger partial charge in [0.15, 0.2) is 5.78 Å². The molecule has 1 N–H and O–H groups in total. The standard InChI is InChI=1S/C22H18O3/c1-2-16-3-5-17(6-4-16)15-25-21-13-9-19(10-14-21)22(24)18-7-11-20(23)12-8-18/h2-14,23H,1,15H2. The molecule has 0 aliphatic heterocycles. The van der Waals surface area contributed by atoms with E-state index in [1.54, 1.807) is 42.5 Å². The minimum atomic E-state index is -0.0911. The van der Waals surface area contributed by atoms with E-state index in [2.05, 4.69) is 6.58 Å². The lowest BCUT2D eigenvalue weighted by Gasteiger charge is -2.08. The lowest BCUT2D eigenvalue weighted by atomic mass is 10.0. The minimum absolute atomic E-state index is 0.0911. The van der Waals surface area contributed by atoms with Gasteiger partial charge < -0.3 is 9.84 Å². The fourth-order valence-electron chi connectivity index (χ4n) is 2.40. The molecule has 0 aliphatic carbocycles. The normalized spacial score (nSPS) is 10.2. The Morgan fingerprint density at radius 2 is 1.44 bits per heavy atom. The van der Waals surface area contributed by atoms with Gasteiger partial charge in [0.25, 0.3) is 0 Å². The van der Waals surface area contributed by atoms with E-state index in [1.807, 2.05) is 24.3 Å². The summed E-state index contributed by atoms with van der Waals surface area (Å²) < 4.78 is 5.75. The lowest BCUT2D eigenvalue weighted by molar-refractivity contribution is 0.103. The van der Waals surface area contributed by atoms with Crippen LogP contribution in [-0.2, 0) is 6.61 Å². The monoisotopic (exact) mass is 330 g/mol. The summed E-state index contributed by atoms with van der Waals surface area (Å²) in [5.41, 5.74) is 3.25. The molecule has 0 fully saturated rings. The molecule has 3 aromatic carbocycles. The largest absolute Gasteiger partial charge is 0.508 e. The number of carbonyl (C=O) groups is 1. The number of rotatable bonds is 6. The molecule has 124 valence electrons. The zero-order valence-electron chi connectivity index (χ0n) is 13.7. The number of benzene rings is 3. The highest BCUT2D eigenvalue weighted by Gasteiger charge is 2.09. The fourth-order valence-corrected chi connectivity index (χ4v) is 2.40. The fraction of sp³-hybridized carbons (Fsp3) is 0.0455. The van der Waals surface area contributed by atoms with Crippen LogP contribution in [0.2, 0.25) is 0 Å². The first-order valence-corrected chi connectivity index (χ1v) is 7.94. The van der Waals surface area contributed by atoms with Crippen LogP contribution in [0.1, 0.15) is 27.0 Å². The van der Waals surface area contributed by atoms with Crippen LogP contribution in [0.4, 0.5) is 0 Å². The highest BCUT2D eigenvalue weighted by Crippen LogP contribution is 2.18. The number of aromatic hydroxyl groups is 1. The second kappa shape index (κ2) is 7.49. The zero-order valence-corrected chi connectivity index (χ0v) is 13.7. The highest BCUT2D eigenvalue weighted by molar-refractivity contribution is 6.09. The average Bonchev–Trinajstić information content (AvgIpc) is 2.67. The smallest absolute Gasteiger partial charge is 0.193 e. The number of ketones is 1. The van der Waals surface area contributed by atoms with E-state index in [-0.39, 0.29) is 11.5 Å². The third-order valence-electron chi connectivity index (χ3n) is 3.87. The number of hydrogen-bond acceptors (Lipinski definition) is 3. The van der Waals surface area contributed by atoms with Crippen LogP contribution in [0, 0.1) is 0 Å². The molecule has 0 aliphatic rings. The quantitative estimate of drug-likeness (QED) is 0.658. The van der Waals surface area contributed by atoms with Gasteiger partial charge in [0.2, 0.25) is 0 Å². The molecule has 0 unspecified atom stereocenters. The Labute approximate surface area is 146 Å². The number of hydrogen-bond donors (Lipinski definition) is 1. The van der Waals surface area contributed by atoms with Gasteiger partial charge in [-0.1, -0.05) is 36.9 Å². The van der Waals surface area contributed by atoms with Crippen molar-refractivity contribution in [3.63, 3.8) is 0 Å².